The molecular weight excluding hydrogens is 327 g/mol. The first kappa shape index (κ1) is 17.1. The standard InChI is InChI=1S/C15H18Cl2N2O3/c1-22-10-14(20)18-5-2-6-19(8-7-18)15(21)11-3-4-12(16)13(17)9-11/h3-4,9H,2,5-8,10H2,1H3. The van der Waals surface area contributed by atoms with Gasteiger partial charge in [0.25, 0.3) is 5.91 Å². The van der Waals surface area contributed by atoms with Crippen molar-refractivity contribution in [3.05, 3.63) is 33.8 Å². The molecule has 0 spiro atoms. The molecule has 0 unspecified atom stereocenters. The molecule has 1 fully saturated rings. The van der Waals surface area contributed by atoms with Crippen molar-refractivity contribution in [2.75, 3.05) is 39.9 Å². The lowest BCUT2D eigenvalue weighted by molar-refractivity contribution is -0.135. The predicted molar refractivity (Wildman–Crippen MR) is 85.4 cm³/mol. The van der Waals surface area contributed by atoms with Gasteiger partial charge in [0.2, 0.25) is 5.91 Å². The molecule has 1 aliphatic rings. The average molecular weight is 345 g/mol. The molecule has 1 saturated heterocycles. The summed E-state index contributed by atoms with van der Waals surface area (Å²) in [5.74, 6) is -0.147. The van der Waals surface area contributed by atoms with E-state index in [9.17, 15) is 9.59 Å². The number of halogens is 2. The summed E-state index contributed by atoms with van der Waals surface area (Å²) < 4.78 is 4.87. The Morgan fingerprint density at radius 2 is 1.77 bits per heavy atom. The summed E-state index contributed by atoms with van der Waals surface area (Å²) in [6.45, 7) is 2.31. The van der Waals surface area contributed by atoms with Crippen LogP contribution in [0.15, 0.2) is 18.2 Å². The van der Waals surface area contributed by atoms with E-state index in [0.717, 1.165) is 6.42 Å². The van der Waals surface area contributed by atoms with Crippen LogP contribution in [0.3, 0.4) is 0 Å². The number of methoxy groups -OCH3 is 1. The van der Waals surface area contributed by atoms with Crippen LogP contribution in [0.25, 0.3) is 0 Å². The van der Waals surface area contributed by atoms with Gasteiger partial charge in [0.1, 0.15) is 6.61 Å². The van der Waals surface area contributed by atoms with Gasteiger partial charge < -0.3 is 14.5 Å². The number of rotatable bonds is 3. The molecule has 0 radical (unpaired) electrons. The fourth-order valence-corrected chi connectivity index (χ4v) is 2.69. The quantitative estimate of drug-likeness (QED) is 0.845. The van der Waals surface area contributed by atoms with E-state index in [4.69, 9.17) is 27.9 Å². The Labute approximate surface area is 139 Å². The number of hydrogen-bond donors (Lipinski definition) is 0. The van der Waals surface area contributed by atoms with Gasteiger partial charge in [-0.3, -0.25) is 9.59 Å². The molecule has 22 heavy (non-hydrogen) atoms. The smallest absolute Gasteiger partial charge is 0.253 e. The highest BCUT2D eigenvalue weighted by atomic mass is 35.5. The number of carbonyl (C=O) groups is 2. The van der Waals surface area contributed by atoms with Gasteiger partial charge in [0.05, 0.1) is 10.0 Å². The van der Waals surface area contributed by atoms with Crippen molar-refractivity contribution in [3.63, 3.8) is 0 Å². The zero-order valence-corrected chi connectivity index (χ0v) is 13.9. The Morgan fingerprint density at radius 3 is 2.45 bits per heavy atom. The minimum absolute atomic E-state index is 0.0497. The van der Waals surface area contributed by atoms with Crippen LogP contribution in [-0.2, 0) is 9.53 Å². The van der Waals surface area contributed by atoms with E-state index in [2.05, 4.69) is 0 Å². The summed E-state index contributed by atoms with van der Waals surface area (Å²) in [7, 11) is 1.50. The highest BCUT2D eigenvalue weighted by molar-refractivity contribution is 6.42. The Hall–Kier alpha value is -1.30. The molecule has 120 valence electrons. The minimum atomic E-state index is -0.0976. The van der Waals surface area contributed by atoms with Crippen LogP contribution in [0.1, 0.15) is 16.8 Å². The highest BCUT2D eigenvalue weighted by Gasteiger charge is 2.23. The lowest BCUT2D eigenvalue weighted by atomic mass is 10.2. The van der Waals surface area contributed by atoms with Gasteiger partial charge in [-0.05, 0) is 24.6 Å². The van der Waals surface area contributed by atoms with E-state index >= 15 is 0 Å². The third-order valence-electron chi connectivity index (χ3n) is 3.57. The number of benzene rings is 1. The summed E-state index contributed by atoms with van der Waals surface area (Å²) >= 11 is 11.8. The predicted octanol–water partition coefficient (Wildman–Crippen LogP) is 2.31. The zero-order valence-electron chi connectivity index (χ0n) is 12.3. The SMILES string of the molecule is COCC(=O)N1CCCN(C(=O)c2ccc(Cl)c(Cl)c2)CC1. The van der Waals surface area contributed by atoms with Crippen LogP contribution in [0.5, 0.6) is 0 Å². The lowest BCUT2D eigenvalue weighted by Crippen LogP contribution is -2.38. The largest absolute Gasteiger partial charge is 0.375 e. The molecule has 1 aliphatic heterocycles. The normalized spacial score (nSPS) is 15.6. The maximum absolute atomic E-state index is 12.5. The average Bonchev–Trinajstić information content (AvgIpc) is 2.75. The Balaban J connectivity index is 2.02. The van der Waals surface area contributed by atoms with Crippen LogP contribution in [-0.4, -0.2) is 61.5 Å². The third-order valence-corrected chi connectivity index (χ3v) is 4.31. The second-order valence-corrected chi connectivity index (χ2v) is 5.90. The number of nitrogens with zero attached hydrogens (tertiary/aromatic N) is 2. The molecule has 5 nitrogen and oxygen atoms in total. The van der Waals surface area contributed by atoms with E-state index in [1.54, 1.807) is 28.0 Å². The molecule has 2 rings (SSSR count). The van der Waals surface area contributed by atoms with Crippen molar-refractivity contribution in [3.8, 4) is 0 Å². The molecule has 1 aromatic carbocycles. The van der Waals surface area contributed by atoms with E-state index in [1.807, 2.05) is 0 Å². The zero-order chi connectivity index (χ0) is 16.1. The molecule has 2 amide bonds. The Bertz CT molecular complexity index is 566. The van der Waals surface area contributed by atoms with Crippen LogP contribution < -0.4 is 0 Å². The van der Waals surface area contributed by atoms with Crippen molar-refractivity contribution < 1.29 is 14.3 Å². The van der Waals surface area contributed by atoms with Crippen LogP contribution in [0.2, 0.25) is 10.0 Å². The highest BCUT2D eigenvalue weighted by Crippen LogP contribution is 2.23. The summed E-state index contributed by atoms with van der Waals surface area (Å²) in [5.41, 5.74) is 0.506. The van der Waals surface area contributed by atoms with Crippen molar-refractivity contribution in [1.82, 2.24) is 9.80 Å². The Kier molecular flexibility index (Phi) is 6.06. The van der Waals surface area contributed by atoms with Gasteiger partial charge in [-0.15, -0.1) is 0 Å². The number of hydrogen-bond acceptors (Lipinski definition) is 3. The summed E-state index contributed by atoms with van der Waals surface area (Å²) in [5, 5.41) is 0.782. The Morgan fingerprint density at radius 1 is 1.09 bits per heavy atom. The van der Waals surface area contributed by atoms with Gasteiger partial charge in [-0.2, -0.15) is 0 Å². The number of carbonyl (C=O) groups excluding carboxylic acids is 2. The summed E-state index contributed by atoms with van der Waals surface area (Å²) in [6, 6.07) is 4.85. The second-order valence-electron chi connectivity index (χ2n) is 5.09. The maximum Gasteiger partial charge on any atom is 0.253 e. The van der Waals surface area contributed by atoms with Crippen LogP contribution in [0.4, 0.5) is 0 Å². The first-order chi connectivity index (χ1) is 10.5. The van der Waals surface area contributed by atoms with Crippen molar-refractivity contribution >= 4 is 35.0 Å². The van der Waals surface area contributed by atoms with E-state index in [-0.39, 0.29) is 18.4 Å². The third kappa shape index (κ3) is 4.12. The molecule has 0 saturated carbocycles. The van der Waals surface area contributed by atoms with Gasteiger partial charge in [-0.1, -0.05) is 23.2 Å². The topological polar surface area (TPSA) is 49.9 Å². The van der Waals surface area contributed by atoms with Crippen LogP contribution in [0, 0.1) is 0 Å². The number of ether oxygens (including phenoxy) is 1. The fraction of sp³-hybridized carbons (Fsp3) is 0.467. The summed E-state index contributed by atoms with van der Waals surface area (Å²) in [4.78, 5) is 27.8. The van der Waals surface area contributed by atoms with E-state index in [0.29, 0.717) is 41.8 Å². The van der Waals surface area contributed by atoms with Crippen molar-refractivity contribution in [2.45, 2.75) is 6.42 Å². The molecule has 0 atom stereocenters. The molecular formula is C15H18Cl2N2O3. The second kappa shape index (κ2) is 7.81. The molecule has 0 aliphatic carbocycles. The molecule has 1 heterocycles. The maximum atomic E-state index is 12.5. The molecule has 7 heteroatoms. The number of amides is 2. The monoisotopic (exact) mass is 344 g/mol. The van der Waals surface area contributed by atoms with Gasteiger partial charge in [0.15, 0.2) is 0 Å². The van der Waals surface area contributed by atoms with E-state index < -0.39 is 0 Å². The van der Waals surface area contributed by atoms with Crippen LogP contribution >= 0.6 is 23.2 Å². The molecule has 0 bridgehead atoms. The lowest BCUT2D eigenvalue weighted by Gasteiger charge is -2.22. The van der Waals surface area contributed by atoms with Gasteiger partial charge in [-0.25, -0.2) is 0 Å². The molecule has 1 aromatic rings. The van der Waals surface area contributed by atoms with E-state index in [1.165, 1.54) is 7.11 Å². The summed E-state index contributed by atoms with van der Waals surface area (Å²) in [6.07, 6.45) is 0.739. The first-order valence-corrected chi connectivity index (χ1v) is 7.79. The first-order valence-electron chi connectivity index (χ1n) is 7.04. The minimum Gasteiger partial charge on any atom is -0.375 e. The fourth-order valence-electron chi connectivity index (χ4n) is 2.40. The van der Waals surface area contributed by atoms with Crippen molar-refractivity contribution in [1.29, 1.82) is 0 Å². The van der Waals surface area contributed by atoms with Crippen molar-refractivity contribution in [2.24, 2.45) is 0 Å². The van der Waals surface area contributed by atoms with Gasteiger partial charge in [0, 0.05) is 38.9 Å². The molecule has 0 N–H and O–H groups in total. The molecule has 0 aromatic heterocycles. The van der Waals surface area contributed by atoms with Gasteiger partial charge >= 0.3 is 0 Å².